The van der Waals surface area contributed by atoms with Gasteiger partial charge in [0, 0.05) is 18.9 Å². The Hall–Kier alpha value is -4.01. The van der Waals surface area contributed by atoms with E-state index in [2.05, 4.69) is 51.9 Å². The van der Waals surface area contributed by atoms with E-state index in [4.69, 9.17) is 9.57 Å². The van der Waals surface area contributed by atoms with Crippen LogP contribution in [0.2, 0.25) is 0 Å². The normalized spacial score (nSPS) is 12.7. The summed E-state index contributed by atoms with van der Waals surface area (Å²) in [6.07, 6.45) is -0.123. The summed E-state index contributed by atoms with van der Waals surface area (Å²) >= 11 is 1.30. The number of anilines is 1. The number of hydrogen-bond acceptors (Lipinski definition) is 7. The Morgan fingerprint density at radius 2 is 1.47 bits per heavy atom. The number of carboxylic acid groups (broad SMARTS) is 1. The Balaban J connectivity index is 1.81. The van der Waals surface area contributed by atoms with Crippen molar-refractivity contribution in [1.82, 2.24) is 4.98 Å². The van der Waals surface area contributed by atoms with Crippen molar-refractivity contribution in [3.05, 3.63) is 119 Å². The molecule has 0 fully saturated rings. The number of carbonyl (C=O) groups is 1. The largest absolute Gasteiger partial charge is 0.476 e. The van der Waals surface area contributed by atoms with Crippen molar-refractivity contribution in [1.29, 1.82) is 0 Å². The van der Waals surface area contributed by atoms with E-state index in [1.807, 2.05) is 61.5 Å². The van der Waals surface area contributed by atoms with Gasteiger partial charge in [0.1, 0.15) is 11.2 Å². The number of carboxylic acids is 1. The van der Waals surface area contributed by atoms with Crippen molar-refractivity contribution in [3.8, 4) is 0 Å². The smallest absolute Gasteiger partial charge is 0.360 e. The van der Waals surface area contributed by atoms with Gasteiger partial charge in [0.05, 0.1) is 0 Å². The predicted octanol–water partition coefficient (Wildman–Crippen LogP) is 5.73. The minimum absolute atomic E-state index is 0.198. The Kier molecular flexibility index (Phi) is 8.10. The van der Waals surface area contributed by atoms with Crippen molar-refractivity contribution in [2.45, 2.75) is 25.2 Å². The molecule has 0 saturated carbocycles. The third-order valence-electron chi connectivity index (χ3n) is 5.72. The summed E-state index contributed by atoms with van der Waals surface area (Å²) in [7, 11) is 1.48. The summed E-state index contributed by atoms with van der Waals surface area (Å²) in [4.78, 5) is 21.8. The van der Waals surface area contributed by atoms with Crippen LogP contribution < -0.4 is 5.32 Å². The molecule has 0 aliphatic heterocycles. The highest BCUT2D eigenvalue weighted by molar-refractivity contribution is 7.14. The third-order valence-corrected chi connectivity index (χ3v) is 6.48. The fourth-order valence-corrected chi connectivity index (χ4v) is 4.72. The molecule has 2 N–H and O–H groups in total. The van der Waals surface area contributed by atoms with E-state index in [-0.39, 0.29) is 11.4 Å². The number of hydrogen-bond donors (Lipinski definition) is 2. The minimum Gasteiger partial charge on any atom is -0.476 e. The zero-order chi connectivity index (χ0) is 25.4. The number of nitrogens with zero attached hydrogens (tertiary/aromatic N) is 2. The Morgan fingerprint density at radius 1 is 0.972 bits per heavy atom. The average molecular weight is 502 g/mol. The second kappa shape index (κ2) is 11.6. The minimum atomic E-state index is -1.24. The quantitative estimate of drug-likeness (QED) is 0.118. The SMILES string of the molecule is CCC(OC)O/N=C(/C(=O)O)c1csc(NC(c2ccccc2)(c2ccccc2)c2ccccc2)n1. The van der Waals surface area contributed by atoms with Gasteiger partial charge in [-0.3, -0.25) is 0 Å². The Labute approximate surface area is 214 Å². The molecule has 0 aliphatic rings. The van der Waals surface area contributed by atoms with E-state index in [0.717, 1.165) is 16.7 Å². The number of benzene rings is 3. The van der Waals surface area contributed by atoms with Gasteiger partial charge in [0.25, 0.3) is 0 Å². The van der Waals surface area contributed by atoms with E-state index in [9.17, 15) is 9.90 Å². The molecule has 7 nitrogen and oxygen atoms in total. The van der Waals surface area contributed by atoms with E-state index in [1.54, 1.807) is 5.38 Å². The number of aromatic nitrogens is 1. The lowest BCUT2D eigenvalue weighted by Crippen LogP contribution is -2.38. The fraction of sp³-hybridized carbons (Fsp3) is 0.179. The van der Waals surface area contributed by atoms with Gasteiger partial charge in [-0.25, -0.2) is 9.78 Å². The molecule has 184 valence electrons. The summed E-state index contributed by atoms with van der Waals surface area (Å²) in [5.74, 6) is -1.24. The molecule has 0 spiro atoms. The van der Waals surface area contributed by atoms with Crippen molar-refractivity contribution in [2.75, 3.05) is 12.4 Å². The van der Waals surface area contributed by atoms with Crippen LogP contribution in [0.5, 0.6) is 0 Å². The van der Waals surface area contributed by atoms with E-state index in [1.165, 1.54) is 18.4 Å². The van der Waals surface area contributed by atoms with E-state index >= 15 is 0 Å². The van der Waals surface area contributed by atoms with Crippen molar-refractivity contribution in [3.63, 3.8) is 0 Å². The maximum absolute atomic E-state index is 11.9. The van der Waals surface area contributed by atoms with Gasteiger partial charge in [-0.15, -0.1) is 11.3 Å². The van der Waals surface area contributed by atoms with Crippen molar-refractivity contribution >= 4 is 28.1 Å². The highest BCUT2D eigenvalue weighted by Gasteiger charge is 2.37. The number of ether oxygens (including phenoxy) is 1. The summed E-state index contributed by atoms with van der Waals surface area (Å²) in [5.41, 5.74) is 2.17. The van der Waals surface area contributed by atoms with Gasteiger partial charge in [-0.05, 0) is 16.7 Å². The molecule has 0 radical (unpaired) electrons. The molecule has 0 saturated heterocycles. The zero-order valence-electron chi connectivity index (χ0n) is 20.0. The Morgan fingerprint density at radius 3 is 1.89 bits per heavy atom. The molecule has 1 aromatic heterocycles. The summed E-state index contributed by atoms with van der Waals surface area (Å²) in [6, 6.07) is 30.3. The van der Waals surface area contributed by atoms with Crippen molar-refractivity contribution in [2.24, 2.45) is 5.16 Å². The highest BCUT2D eigenvalue weighted by Crippen LogP contribution is 2.40. The predicted molar refractivity (Wildman–Crippen MR) is 141 cm³/mol. The number of nitrogens with one attached hydrogen (secondary N) is 1. The van der Waals surface area contributed by atoms with Crippen LogP contribution >= 0.6 is 11.3 Å². The summed E-state index contributed by atoms with van der Waals surface area (Å²) in [6.45, 7) is 1.85. The van der Waals surface area contributed by atoms with Crippen LogP contribution in [0.1, 0.15) is 35.7 Å². The summed E-state index contributed by atoms with van der Waals surface area (Å²) < 4.78 is 5.13. The molecule has 4 aromatic rings. The lowest BCUT2D eigenvalue weighted by atomic mass is 9.77. The molecule has 36 heavy (non-hydrogen) atoms. The second-order valence-corrected chi connectivity index (χ2v) is 8.79. The van der Waals surface area contributed by atoms with Crippen LogP contribution in [0.4, 0.5) is 5.13 Å². The molecule has 1 unspecified atom stereocenters. The summed E-state index contributed by atoms with van der Waals surface area (Å²) in [5, 5.41) is 19.4. The van der Waals surface area contributed by atoms with Gasteiger partial charge < -0.3 is 20.0 Å². The molecule has 1 atom stereocenters. The fourth-order valence-electron chi connectivity index (χ4n) is 3.97. The third kappa shape index (κ3) is 5.30. The first-order valence-electron chi connectivity index (χ1n) is 11.5. The maximum Gasteiger partial charge on any atom is 0.360 e. The standard InChI is InChI=1S/C28H27N3O4S/c1-3-24(34-2)35-31-25(26(32)33)23-19-36-27(29-23)30-28(20-13-7-4-8-14-20,21-15-9-5-10-16-21)22-17-11-6-12-18-22/h4-19,24H,3H2,1-2H3,(H,29,30)(H,32,33)/b31-25+. The van der Waals surface area contributed by atoms with Crippen LogP contribution in [0.25, 0.3) is 0 Å². The topological polar surface area (TPSA) is 93.0 Å². The Bertz CT molecular complexity index is 1190. The molecule has 1 heterocycles. The molecule has 0 bridgehead atoms. The van der Waals surface area contributed by atoms with Crippen LogP contribution in [-0.2, 0) is 19.9 Å². The highest BCUT2D eigenvalue weighted by atomic mass is 32.1. The van der Waals surface area contributed by atoms with Crippen LogP contribution in [0.15, 0.2) is 102 Å². The van der Waals surface area contributed by atoms with Gasteiger partial charge >= 0.3 is 5.97 Å². The number of aliphatic carboxylic acids is 1. The van der Waals surface area contributed by atoms with Crippen LogP contribution in [0.3, 0.4) is 0 Å². The number of thiazole rings is 1. The van der Waals surface area contributed by atoms with Gasteiger partial charge in [-0.1, -0.05) is 103 Å². The molecule has 8 heteroatoms. The van der Waals surface area contributed by atoms with Gasteiger partial charge in [0.15, 0.2) is 5.13 Å². The lowest BCUT2D eigenvalue weighted by Gasteiger charge is -2.36. The first-order valence-corrected chi connectivity index (χ1v) is 12.4. The van der Waals surface area contributed by atoms with E-state index in [0.29, 0.717) is 11.6 Å². The lowest BCUT2D eigenvalue weighted by molar-refractivity contribution is -0.132. The number of methoxy groups -OCH3 is 1. The first kappa shape index (κ1) is 25.1. The molecule has 0 amide bonds. The molecular formula is C28H27N3O4S. The second-order valence-electron chi connectivity index (χ2n) is 7.93. The van der Waals surface area contributed by atoms with Crippen molar-refractivity contribution < 1.29 is 19.5 Å². The number of rotatable bonds is 11. The molecule has 3 aromatic carbocycles. The first-order chi connectivity index (χ1) is 17.6. The number of oxime groups is 1. The maximum atomic E-state index is 11.9. The van der Waals surface area contributed by atoms with E-state index < -0.39 is 17.8 Å². The monoisotopic (exact) mass is 501 g/mol. The zero-order valence-corrected chi connectivity index (χ0v) is 20.8. The van der Waals surface area contributed by atoms with Gasteiger partial charge in [-0.2, -0.15) is 0 Å². The molecular weight excluding hydrogens is 474 g/mol. The average Bonchev–Trinajstić information content (AvgIpc) is 3.39. The molecule has 0 aliphatic carbocycles. The van der Waals surface area contributed by atoms with Gasteiger partial charge in [0.2, 0.25) is 12.0 Å². The van der Waals surface area contributed by atoms with Crippen LogP contribution in [0, 0.1) is 0 Å². The molecule has 4 rings (SSSR count). The van der Waals surface area contributed by atoms with Crippen LogP contribution in [-0.4, -0.2) is 35.2 Å².